The number of pyridine rings is 1. The molecule has 1 heterocycles. The average Bonchev–Trinajstić information content (AvgIpc) is 2.87. The number of aromatic nitrogens is 1. The number of aryl methyl sites for hydroxylation is 2. The largest absolute Gasteiger partial charge is 0.252 e. The summed E-state index contributed by atoms with van der Waals surface area (Å²) in [6.07, 6.45) is 7.38. The zero-order valence-electron chi connectivity index (χ0n) is 21.4. The molecule has 0 saturated heterocycles. The van der Waals surface area contributed by atoms with Gasteiger partial charge in [-0.05, 0) is 67.5 Å². The van der Waals surface area contributed by atoms with Crippen LogP contribution in [-0.4, -0.2) is 4.98 Å². The maximum absolute atomic E-state index is 13.5. The lowest BCUT2D eigenvalue weighted by atomic mass is 9.88. The molecule has 0 aliphatic rings. The van der Waals surface area contributed by atoms with Crippen molar-refractivity contribution >= 4 is 0 Å². The van der Waals surface area contributed by atoms with Crippen LogP contribution in [0.2, 0.25) is 0 Å². The smallest absolute Gasteiger partial charge is 0.123 e. The van der Waals surface area contributed by atoms with Gasteiger partial charge >= 0.3 is 0 Å². The van der Waals surface area contributed by atoms with E-state index in [9.17, 15) is 9.65 Å². The fraction of sp³-hybridized carbons (Fsp3) is 0.312. The Morgan fingerprint density at radius 1 is 1.06 bits per heavy atom. The highest BCUT2D eigenvalue weighted by molar-refractivity contribution is 5.67. The van der Waals surface area contributed by atoms with Gasteiger partial charge in [-0.2, -0.15) is 5.26 Å². The number of nitrogens with zero attached hydrogens (tertiary/aromatic N) is 2. The standard InChI is InChI=1S/C29H29FN2.C3H8/c1-4-21(3)18-23(5-2)27-16-17-29(26-14-7-6-12-24(26)20-31)32-28(27)15-9-11-22-10-8-13-25(30)19-22;1-3-2/h5-8,10,12-14,16-17,19,23H,2-4,9,11,15,18H2,1H3;3H2,1-2H3. The minimum Gasteiger partial charge on any atom is -0.252 e. The average molecular weight is 469 g/mol. The molecular formula is C32H37FN2. The summed E-state index contributed by atoms with van der Waals surface area (Å²) in [7, 11) is 0. The second kappa shape index (κ2) is 14.7. The van der Waals surface area contributed by atoms with Gasteiger partial charge in [0.25, 0.3) is 0 Å². The molecule has 2 nitrogen and oxygen atoms in total. The minimum absolute atomic E-state index is 0.138. The first-order chi connectivity index (χ1) is 17.0. The van der Waals surface area contributed by atoms with Crippen molar-refractivity contribution in [3.8, 4) is 17.3 Å². The molecule has 0 amide bonds. The van der Waals surface area contributed by atoms with Crippen LogP contribution in [-0.2, 0) is 12.8 Å². The minimum atomic E-state index is -0.207. The van der Waals surface area contributed by atoms with E-state index in [0.717, 1.165) is 60.2 Å². The second-order valence-electron chi connectivity index (χ2n) is 8.73. The van der Waals surface area contributed by atoms with E-state index in [2.05, 4.69) is 46.1 Å². The van der Waals surface area contributed by atoms with Crippen LogP contribution in [0.4, 0.5) is 4.39 Å². The first-order valence-electron chi connectivity index (χ1n) is 12.5. The second-order valence-corrected chi connectivity index (χ2v) is 8.73. The Balaban J connectivity index is 0.00000137. The van der Waals surface area contributed by atoms with Gasteiger partial charge in [0.1, 0.15) is 5.82 Å². The molecule has 1 aromatic heterocycles. The third-order valence-corrected chi connectivity index (χ3v) is 5.79. The Hall–Kier alpha value is -3.51. The Morgan fingerprint density at radius 2 is 1.80 bits per heavy atom. The van der Waals surface area contributed by atoms with Gasteiger partial charge in [0, 0.05) is 17.2 Å². The van der Waals surface area contributed by atoms with Crippen LogP contribution in [0.5, 0.6) is 0 Å². The normalized spacial score (nSPS) is 11.1. The van der Waals surface area contributed by atoms with Gasteiger partial charge in [-0.3, -0.25) is 4.98 Å². The Bertz CT molecular complexity index is 1160. The van der Waals surface area contributed by atoms with Crippen molar-refractivity contribution in [1.29, 1.82) is 5.26 Å². The lowest BCUT2D eigenvalue weighted by Crippen LogP contribution is -2.06. The number of allylic oxidation sites excluding steroid dienone is 2. The van der Waals surface area contributed by atoms with E-state index in [-0.39, 0.29) is 11.7 Å². The van der Waals surface area contributed by atoms with Gasteiger partial charge < -0.3 is 0 Å². The number of rotatable bonds is 10. The summed E-state index contributed by atoms with van der Waals surface area (Å²) >= 11 is 0. The predicted molar refractivity (Wildman–Crippen MR) is 146 cm³/mol. The molecule has 0 spiro atoms. The number of hydrogen-bond acceptors (Lipinski definition) is 2. The molecule has 1 atom stereocenters. The molecule has 3 heteroatoms. The van der Waals surface area contributed by atoms with Crippen molar-refractivity contribution in [2.24, 2.45) is 0 Å². The summed E-state index contributed by atoms with van der Waals surface area (Å²) in [5.74, 6) is -0.0689. The van der Waals surface area contributed by atoms with Crippen molar-refractivity contribution in [1.82, 2.24) is 4.98 Å². The molecule has 0 N–H and O–H groups in total. The first-order valence-corrected chi connectivity index (χ1v) is 12.5. The zero-order chi connectivity index (χ0) is 25.6. The molecule has 0 fully saturated rings. The van der Waals surface area contributed by atoms with Crippen LogP contribution in [0.1, 0.15) is 74.8 Å². The lowest BCUT2D eigenvalue weighted by molar-refractivity contribution is 0.624. The molecule has 0 radical (unpaired) electrons. The zero-order valence-corrected chi connectivity index (χ0v) is 21.4. The fourth-order valence-corrected chi connectivity index (χ4v) is 3.93. The highest BCUT2D eigenvalue weighted by Crippen LogP contribution is 2.31. The van der Waals surface area contributed by atoms with Crippen LogP contribution in [0, 0.1) is 17.1 Å². The summed E-state index contributed by atoms with van der Waals surface area (Å²) in [6, 6.07) is 20.7. The molecule has 35 heavy (non-hydrogen) atoms. The van der Waals surface area contributed by atoms with Crippen molar-refractivity contribution in [3.05, 3.63) is 114 Å². The third kappa shape index (κ3) is 8.34. The number of halogens is 1. The van der Waals surface area contributed by atoms with Gasteiger partial charge in [0.15, 0.2) is 0 Å². The summed E-state index contributed by atoms with van der Waals surface area (Å²) in [5.41, 5.74) is 6.55. The Labute approximate surface area is 210 Å². The maximum Gasteiger partial charge on any atom is 0.123 e. The van der Waals surface area contributed by atoms with Gasteiger partial charge in [0.05, 0.1) is 17.3 Å². The van der Waals surface area contributed by atoms with Gasteiger partial charge in [-0.25, -0.2) is 4.39 Å². The molecule has 0 aliphatic heterocycles. The monoisotopic (exact) mass is 468 g/mol. The summed E-state index contributed by atoms with van der Waals surface area (Å²) in [6.45, 7) is 14.6. The molecule has 182 valence electrons. The van der Waals surface area contributed by atoms with Gasteiger partial charge in [0.2, 0.25) is 0 Å². The molecule has 3 aromatic rings. The molecule has 2 aromatic carbocycles. The fourth-order valence-electron chi connectivity index (χ4n) is 3.93. The van der Waals surface area contributed by atoms with E-state index < -0.39 is 0 Å². The number of benzene rings is 2. The Kier molecular flexibility index (Phi) is 11.6. The van der Waals surface area contributed by atoms with E-state index in [1.165, 1.54) is 18.1 Å². The topological polar surface area (TPSA) is 36.7 Å². The quantitative estimate of drug-likeness (QED) is 0.278. The van der Waals surface area contributed by atoms with E-state index >= 15 is 0 Å². The molecule has 1 unspecified atom stereocenters. The summed E-state index contributed by atoms with van der Waals surface area (Å²) in [5, 5.41) is 9.51. The molecule has 3 rings (SSSR count). The van der Waals surface area contributed by atoms with Crippen LogP contribution >= 0.6 is 0 Å². The van der Waals surface area contributed by atoms with E-state index in [4.69, 9.17) is 4.98 Å². The SMILES string of the molecule is C=CC(CC(=C)CC)c1ccc(-c2ccccc2C#N)nc1CCCc1cccc(F)c1.CCC. The number of hydrogen-bond donors (Lipinski definition) is 0. The lowest BCUT2D eigenvalue weighted by Gasteiger charge is -2.19. The maximum atomic E-state index is 13.5. The highest BCUT2D eigenvalue weighted by atomic mass is 19.1. The van der Waals surface area contributed by atoms with Crippen molar-refractivity contribution in [2.45, 2.75) is 65.2 Å². The van der Waals surface area contributed by atoms with E-state index in [0.29, 0.717) is 5.56 Å². The van der Waals surface area contributed by atoms with Crippen LogP contribution in [0.3, 0.4) is 0 Å². The van der Waals surface area contributed by atoms with Gasteiger partial charge in [-0.1, -0.05) is 81.8 Å². The van der Waals surface area contributed by atoms with Crippen LogP contribution in [0.25, 0.3) is 11.3 Å². The number of nitriles is 1. The van der Waals surface area contributed by atoms with Crippen LogP contribution in [0.15, 0.2) is 85.5 Å². The van der Waals surface area contributed by atoms with E-state index in [1.807, 2.05) is 42.5 Å². The van der Waals surface area contributed by atoms with E-state index in [1.54, 1.807) is 12.1 Å². The molecule has 0 aliphatic carbocycles. The molecular weight excluding hydrogens is 431 g/mol. The Morgan fingerprint density at radius 3 is 2.46 bits per heavy atom. The molecule has 0 bridgehead atoms. The summed E-state index contributed by atoms with van der Waals surface area (Å²) < 4.78 is 13.5. The predicted octanol–water partition coefficient (Wildman–Crippen LogP) is 8.98. The van der Waals surface area contributed by atoms with Crippen LogP contribution < -0.4 is 0 Å². The first kappa shape index (κ1) is 27.7. The third-order valence-electron chi connectivity index (χ3n) is 5.79. The molecule has 0 saturated carbocycles. The van der Waals surface area contributed by atoms with Gasteiger partial charge in [-0.15, -0.1) is 6.58 Å². The van der Waals surface area contributed by atoms with Crippen molar-refractivity contribution < 1.29 is 4.39 Å². The van der Waals surface area contributed by atoms with Crippen molar-refractivity contribution in [3.63, 3.8) is 0 Å². The highest BCUT2D eigenvalue weighted by Gasteiger charge is 2.17. The summed E-state index contributed by atoms with van der Waals surface area (Å²) in [4.78, 5) is 5.00. The van der Waals surface area contributed by atoms with Crippen molar-refractivity contribution in [2.75, 3.05) is 0 Å².